The third-order valence-electron chi connectivity index (χ3n) is 12.3. The predicted molar refractivity (Wildman–Crippen MR) is 228 cm³/mol. The molecule has 0 amide bonds. The molecule has 0 bridgehead atoms. The van der Waals surface area contributed by atoms with Gasteiger partial charge in [0.1, 0.15) is 0 Å². The Hall–Kier alpha value is -6.44. The number of benzene rings is 8. The molecule has 3 aliphatic carbocycles. The molecular formula is C53H39N. The molecule has 0 atom stereocenters. The fourth-order valence-corrected chi connectivity index (χ4v) is 9.67. The Balaban J connectivity index is 1.15. The van der Waals surface area contributed by atoms with Gasteiger partial charge in [0.15, 0.2) is 0 Å². The van der Waals surface area contributed by atoms with Crippen molar-refractivity contribution in [3.05, 3.63) is 209 Å². The minimum Gasteiger partial charge on any atom is -0.310 e. The van der Waals surface area contributed by atoms with E-state index in [9.17, 15) is 0 Å². The van der Waals surface area contributed by atoms with Crippen LogP contribution in [0.15, 0.2) is 170 Å². The molecule has 1 heteroatoms. The molecule has 0 saturated carbocycles. The largest absolute Gasteiger partial charge is 0.310 e. The van der Waals surface area contributed by atoms with E-state index in [-0.39, 0.29) is 5.41 Å². The van der Waals surface area contributed by atoms with Crippen molar-refractivity contribution in [3.63, 3.8) is 0 Å². The van der Waals surface area contributed by atoms with Crippen molar-refractivity contribution in [2.24, 2.45) is 0 Å². The zero-order valence-electron chi connectivity index (χ0n) is 30.6. The maximum atomic E-state index is 2.53. The van der Waals surface area contributed by atoms with Crippen molar-refractivity contribution >= 4 is 39.5 Å². The summed E-state index contributed by atoms with van der Waals surface area (Å²) in [7, 11) is 0. The van der Waals surface area contributed by atoms with E-state index >= 15 is 0 Å². The second-order valence-electron chi connectivity index (χ2n) is 15.7. The predicted octanol–water partition coefficient (Wildman–Crippen LogP) is 14.0. The summed E-state index contributed by atoms with van der Waals surface area (Å²) in [5.41, 5.74) is 22.5. The minimum atomic E-state index is -0.102. The van der Waals surface area contributed by atoms with Crippen molar-refractivity contribution in [2.45, 2.75) is 32.1 Å². The van der Waals surface area contributed by atoms with Crippen LogP contribution in [0.4, 0.5) is 17.1 Å². The van der Waals surface area contributed by atoms with Crippen molar-refractivity contribution in [1.82, 2.24) is 0 Å². The maximum absolute atomic E-state index is 2.53. The monoisotopic (exact) mass is 689 g/mol. The summed E-state index contributed by atoms with van der Waals surface area (Å²) < 4.78 is 0. The first-order valence-corrected chi connectivity index (χ1v) is 19.2. The number of hydrogen-bond donors (Lipinski definition) is 0. The smallest absolute Gasteiger partial charge is 0.0503 e. The zero-order valence-corrected chi connectivity index (χ0v) is 30.6. The molecule has 8 aromatic carbocycles. The van der Waals surface area contributed by atoms with Crippen LogP contribution in [-0.4, -0.2) is 0 Å². The van der Waals surface area contributed by atoms with E-state index in [1.165, 1.54) is 100 Å². The molecule has 256 valence electrons. The second-order valence-corrected chi connectivity index (χ2v) is 15.7. The number of hydrogen-bond acceptors (Lipinski definition) is 1. The van der Waals surface area contributed by atoms with E-state index in [0.717, 1.165) is 18.5 Å². The maximum Gasteiger partial charge on any atom is 0.0503 e. The molecule has 0 heterocycles. The third-order valence-corrected chi connectivity index (χ3v) is 12.3. The van der Waals surface area contributed by atoms with E-state index in [1.807, 2.05) is 0 Å². The topological polar surface area (TPSA) is 3.24 Å². The lowest BCUT2D eigenvalue weighted by Gasteiger charge is -2.30. The van der Waals surface area contributed by atoms with E-state index in [0.29, 0.717) is 0 Å². The van der Waals surface area contributed by atoms with Crippen LogP contribution in [-0.2, 0) is 18.3 Å². The van der Waals surface area contributed by atoms with Crippen LogP contribution in [0, 0.1) is 0 Å². The van der Waals surface area contributed by atoms with Crippen LogP contribution in [0.2, 0.25) is 0 Å². The van der Waals surface area contributed by atoms with E-state index < -0.39 is 0 Å². The van der Waals surface area contributed by atoms with Crippen LogP contribution >= 0.6 is 0 Å². The van der Waals surface area contributed by atoms with Crippen molar-refractivity contribution in [3.8, 4) is 33.4 Å². The molecule has 0 unspecified atom stereocenters. The van der Waals surface area contributed by atoms with Gasteiger partial charge in [-0.2, -0.15) is 0 Å². The molecule has 54 heavy (non-hydrogen) atoms. The fraction of sp³-hybridized carbons (Fsp3) is 0.0943. The Bertz CT molecular complexity index is 2840. The highest BCUT2D eigenvalue weighted by Gasteiger charge is 2.36. The van der Waals surface area contributed by atoms with Crippen molar-refractivity contribution in [2.75, 3.05) is 4.90 Å². The molecule has 0 aromatic heterocycles. The van der Waals surface area contributed by atoms with Gasteiger partial charge in [0.2, 0.25) is 0 Å². The van der Waals surface area contributed by atoms with Gasteiger partial charge in [-0.25, -0.2) is 0 Å². The highest BCUT2D eigenvalue weighted by Crippen LogP contribution is 2.54. The summed E-state index contributed by atoms with van der Waals surface area (Å²) in [5.74, 6) is 0. The normalized spacial score (nSPS) is 14.2. The number of allylic oxidation sites excluding steroid dienone is 1. The average molecular weight is 690 g/mol. The first-order chi connectivity index (χ1) is 26.5. The number of nitrogens with zero attached hydrogens (tertiary/aromatic N) is 1. The molecule has 0 fully saturated rings. The highest BCUT2D eigenvalue weighted by molar-refractivity contribution is 6.07. The van der Waals surface area contributed by atoms with Crippen LogP contribution < -0.4 is 4.90 Å². The SMILES string of the molecule is CC1(C)c2ccccc2-c2ccc(N(c3ccc(-c4ccccc4)cc3)c3ccc(C4=Cc5ccccc5C4)c4c3Cc3ccc5ccccc5c3-4)cc21. The molecule has 0 aliphatic heterocycles. The van der Waals surface area contributed by atoms with E-state index in [2.05, 4.69) is 195 Å². The molecule has 0 spiro atoms. The summed E-state index contributed by atoms with van der Waals surface area (Å²) in [6.45, 7) is 4.75. The molecule has 0 N–H and O–H groups in total. The van der Waals surface area contributed by atoms with Crippen LogP contribution in [0.25, 0.3) is 55.8 Å². The fourth-order valence-electron chi connectivity index (χ4n) is 9.67. The van der Waals surface area contributed by atoms with Gasteiger partial charge < -0.3 is 4.90 Å². The van der Waals surface area contributed by atoms with Gasteiger partial charge in [-0.3, -0.25) is 0 Å². The minimum absolute atomic E-state index is 0.102. The van der Waals surface area contributed by atoms with Crippen molar-refractivity contribution in [1.29, 1.82) is 0 Å². The Labute approximate surface area is 317 Å². The van der Waals surface area contributed by atoms with Crippen molar-refractivity contribution < 1.29 is 0 Å². The molecule has 1 nitrogen and oxygen atoms in total. The second kappa shape index (κ2) is 11.8. The quantitative estimate of drug-likeness (QED) is 0.174. The first-order valence-electron chi connectivity index (χ1n) is 19.2. The summed E-state index contributed by atoms with van der Waals surface area (Å²) >= 11 is 0. The molecule has 0 radical (unpaired) electrons. The Morgan fingerprint density at radius 1 is 0.481 bits per heavy atom. The lowest BCUT2D eigenvalue weighted by molar-refractivity contribution is 0.660. The van der Waals surface area contributed by atoms with Crippen LogP contribution in [0.3, 0.4) is 0 Å². The summed E-state index contributed by atoms with van der Waals surface area (Å²) in [6.07, 6.45) is 4.26. The Morgan fingerprint density at radius 2 is 1.19 bits per heavy atom. The first kappa shape index (κ1) is 31.1. The summed E-state index contributed by atoms with van der Waals surface area (Å²) in [4.78, 5) is 2.53. The summed E-state index contributed by atoms with van der Waals surface area (Å²) in [6, 6.07) is 63.3. The van der Waals surface area contributed by atoms with Crippen LogP contribution in [0.1, 0.15) is 52.8 Å². The standard InChI is InChI=1S/C53H39N/c1-53(2)48-19-11-10-18-45(48)46-27-26-42(33-49(46)53)54(41-24-22-35(23-25-41)34-12-4-3-5-13-34)50-29-28-44(40-30-37-15-6-7-16-38(37)31-40)52-47(50)32-39-21-20-36-14-8-9-17-43(36)51(39)52/h3-30,33H,31-32H2,1-2H3. The third kappa shape index (κ3) is 4.64. The average Bonchev–Trinajstić information content (AvgIpc) is 3.90. The van der Waals surface area contributed by atoms with Crippen LogP contribution in [0.5, 0.6) is 0 Å². The van der Waals surface area contributed by atoms with Gasteiger partial charge in [-0.05, 0) is 125 Å². The van der Waals surface area contributed by atoms with Gasteiger partial charge in [0, 0.05) is 23.2 Å². The lowest BCUT2D eigenvalue weighted by atomic mass is 9.82. The molecule has 0 saturated heterocycles. The van der Waals surface area contributed by atoms with Gasteiger partial charge in [0.05, 0.1) is 5.69 Å². The Kier molecular flexibility index (Phi) is 6.79. The number of rotatable bonds is 5. The molecule has 8 aromatic rings. The lowest BCUT2D eigenvalue weighted by Crippen LogP contribution is -2.17. The molecule has 3 aliphatic rings. The number of anilines is 3. The van der Waals surface area contributed by atoms with Gasteiger partial charge >= 0.3 is 0 Å². The van der Waals surface area contributed by atoms with Gasteiger partial charge in [-0.15, -0.1) is 0 Å². The molecular weight excluding hydrogens is 651 g/mol. The summed E-state index contributed by atoms with van der Waals surface area (Å²) in [5, 5.41) is 2.62. The molecule has 11 rings (SSSR count). The zero-order chi connectivity index (χ0) is 36.0. The van der Waals surface area contributed by atoms with E-state index in [1.54, 1.807) is 0 Å². The van der Waals surface area contributed by atoms with E-state index in [4.69, 9.17) is 0 Å². The van der Waals surface area contributed by atoms with Gasteiger partial charge in [0.25, 0.3) is 0 Å². The van der Waals surface area contributed by atoms with Gasteiger partial charge in [-0.1, -0.05) is 159 Å². The Morgan fingerprint density at radius 3 is 2.06 bits per heavy atom. The number of fused-ring (bicyclic) bond motifs is 9. The highest BCUT2D eigenvalue weighted by atomic mass is 15.1.